The summed E-state index contributed by atoms with van der Waals surface area (Å²) in [5, 5.41) is 4.23. The van der Waals surface area contributed by atoms with Gasteiger partial charge >= 0.3 is 5.76 Å². The van der Waals surface area contributed by atoms with Crippen LogP contribution in [0.5, 0.6) is 0 Å². The van der Waals surface area contributed by atoms with Crippen molar-refractivity contribution >= 4 is 0 Å². The van der Waals surface area contributed by atoms with E-state index in [1.165, 1.54) is 4.68 Å². The Kier molecular flexibility index (Phi) is 3.57. The Morgan fingerprint density at radius 2 is 2.05 bits per heavy atom. The summed E-state index contributed by atoms with van der Waals surface area (Å²) in [7, 11) is 2.03. The van der Waals surface area contributed by atoms with Gasteiger partial charge in [-0.25, -0.2) is 4.79 Å². The van der Waals surface area contributed by atoms with Gasteiger partial charge in [0.1, 0.15) is 5.72 Å². The van der Waals surface area contributed by atoms with Crippen LogP contribution in [0.2, 0.25) is 0 Å². The largest absolute Gasteiger partial charge is 0.437 e. The van der Waals surface area contributed by atoms with Crippen molar-refractivity contribution in [3.05, 3.63) is 16.4 Å². The first-order valence-corrected chi connectivity index (χ1v) is 6.76. The van der Waals surface area contributed by atoms with Crippen LogP contribution in [0.4, 0.5) is 0 Å². The standard InChI is InChI=1S/C13H23N3O3/c1-7-16-12(17)18-11(14-16)10-9(8(2)3)15(6)13(4,5)19-10/h8-10H,7H2,1-6H3. The van der Waals surface area contributed by atoms with Gasteiger partial charge in [0.25, 0.3) is 0 Å². The van der Waals surface area contributed by atoms with E-state index in [-0.39, 0.29) is 12.1 Å². The first-order chi connectivity index (χ1) is 8.77. The molecule has 2 unspecified atom stereocenters. The smallest absolute Gasteiger partial charge is 0.389 e. The van der Waals surface area contributed by atoms with E-state index in [1.54, 1.807) is 0 Å². The van der Waals surface area contributed by atoms with Crippen molar-refractivity contribution in [3.63, 3.8) is 0 Å². The average molecular weight is 269 g/mol. The van der Waals surface area contributed by atoms with E-state index in [2.05, 4.69) is 23.8 Å². The predicted octanol–water partition coefficient (Wildman–Crippen LogP) is 1.62. The minimum Gasteiger partial charge on any atom is -0.389 e. The molecule has 1 aliphatic rings. The molecule has 0 aromatic carbocycles. The quantitative estimate of drug-likeness (QED) is 0.834. The summed E-state index contributed by atoms with van der Waals surface area (Å²) in [5.74, 6) is 0.327. The summed E-state index contributed by atoms with van der Waals surface area (Å²) in [5.41, 5.74) is -0.395. The molecule has 2 atom stereocenters. The number of hydrogen-bond acceptors (Lipinski definition) is 5. The molecule has 0 bridgehead atoms. The molecule has 6 heteroatoms. The third-order valence-electron chi connectivity index (χ3n) is 3.87. The van der Waals surface area contributed by atoms with Crippen molar-refractivity contribution in [2.75, 3.05) is 7.05 Å². The van der Waals surface area contributed by atoms with Crippen LogP contribution in [0.1, 0.15) is 46.6 Å². The van der Waals surface area contributed by atoms with E-state index in [9.17, 15) is 4.79 Å². The van der Waals surface area contributed by atoms with Crippen LogP contribution in [0, 0.1) is 5.92 Å². The van der Waals surface area contributed by atoms with Gasteiger partial charge in [0, 0.05) is 12.6 Å². The second kappa shape index (κ2) is 4.76. The molecule has 108 valence electrons. The molecule has 6 nitrogen and oxygen atoms in total. The second-order valence-corrected chi connectivity index (χ2v) is 5.85. The third kappa shape index (κ3) is 2.34. The fraction of sp³-hybridized carbons (Fsp3) is 0.846. The van der Waals surface area contributed by atoms with E-state index < -0.39 is 11.5 Å². The molecule has 1 fully saturated rings. The Labute approximate surface area is 113 Å². The minimum atomic E-state index is -0.420. The summed E-state index contributed by atoms with van der Waals surface area (Å²) in [6.45, 7) is 10.6. The Bertz CT molecular complexity index is 503. The summed E-state index contributed by atoms with van der Waals surface area (Å²) in [4.78, 5) is 13.8. The van der Waals surface area contributed by atoms with Crippen molar-refractivity contribution in [2.45, 2.75) is 59.0 Å². The van der Waals surface area contributed by atoms with Crippen LogP contribution in [0.3, 0.4) is 0 Å². The maximum atomic E-state index is 11.6. The highest BCUT2D eigenvalue weighted by Gasteiger charge is 2.49. The van der Waals surface area contributed by atoms with Gasteiger partial charge in [-0.3, -0.25) is 4.90 Å². The van der Waals surface area contributed by atoms with Gasteiger partial charge < -0.3 is 9.15 Å². The lowest BCUT2D eigenvalue weighted by Gasteiger charge is -2.31. The molecule has 1 saturated heterocycles. The highest BCUT2D eigenvalue weighted by molar-refractivity contribution is 5.00. The zero-order valence-electron chi connectivity index (χ0n) is 12.5. The molecule has 0 N–H and O–H groups in total. The maximum Gasteiger partial charge on any atom is 0.437 e. The topological polar surface area (TPSA) is 60.5 Å². The summed E-state index contributed by atoms with van der Waals surface area (Å²) >= 11 is 0. The number of aromatic nitrogens is 2. The SMILES string of the molecule is CCn1nc(C2OC(C)(C)N(C)C2C(C)C)oc1=O. The summed E-state index contributed by atoms with van der Waals surface area (Å²) < 4.78 is 12.6. The Morgan fingerprint density at radius 1 is 1.42 bits per heavy atom. The molecule has 0 radical (unpaired) electrons. The first-order valence-electron chi connectivity index (χ1n) is 6.76. The molecular formula is C13H23N3O3. The van der Waals surface area contributed by atoms with Crippen LogP contribution in [-0.2, 0) is 11.3 Å². The predicted molar refractivity (Wildman–Crippen MR) is 70.7 cm³/mol. The number of hydrogen-bond donors (Lipinski definition) is 0. The lowest BCUT2D eigenvalue weighted by molar-refractivity contribution is -0.0744. The Hall–Kier alpha value is -1.14. The summed E-state index contributed by atoms with van der Waals surface area (Å²) in [6, 6.07) is 0.137. The fourth-order valence-electron chi connectivity index (χ4n) is 2.66. The van der Waals surface area contributed by atoms with E-state index in [0.29, 0.717) is 18.4 Å². The van der Waals surface area contributed by atoms with E-state index >= 15 is 0 Å². The van der Waals surface area contributed by atoms with Crippen LogP contribution in [0.15, 0.2) is 9.21 Å². The zero-order chi connectivity index (χ0) is 14.4. The molecule has 0 spiro atoms. The van der Waals surface area contributed by atoms with Crippen LogP contribution < -0.4 is 5.76 Å². The maximum absolute atomic E-state index is 11.6. The first kappa shape index (κ1) is 14.3. The van der Waals surface area contributed by atoms with Gasteiger partial charge in [0.15, 0.2) is 6.10 Å². The molecule has 1 aromatic heterocycles. The Morgan fingerprint density at radius 3 is 2.53 bits per heavy atom. The second-order valence-electron chi connectivity index (χ2n) is 5.85. The monoisotopic (exact) mass is 269 g/mol. The molecule has 0 amide bonds. The van der Waals surface area contributed by atoms with Crippen molar-refractivity contribution in [3.8, 4) is 0 Å². The third-order valence-corrected chi connectivity index (χ3v) is 3.87. The van der Waals surface area contributed by atoms with Crippen molar-refractivity contribution in [1.82, 2.24) is 14.7 Å². The zero-order valence-corrected chi connectivity index (χ0v) is 12.5. The van der Waals surface area contributed by atoms with Crippen molar-refractivity contribution in [2.24, 2.45) is 5.92 Å². The number of aryl methyl sites for hydroxylation is 1. The highest BCUT2D eigenvalue weighted by atomic mass is 16.6. The lowest BCUT2D eigenvalue weighted by Crippen LogP contribution is -2.42. The minimum absolute atomic E-state index is 0.137. The highest BCUT2D eigenvalue weighted by Crippen LogP contribution is 2.41. The van der Waals surface area contributed by atoms with Gasteiger partial charge in [-0.2, -0.15) is 4.68 Å². The van der Waals surface area contributed by atoms with Gasteiger partial charge in [-0.05, 0) is 33.7 Å². The Balaban J connectivity index is 2.39. The van der Waals surface area contributed by atoms with Crippen molar-refractivity contribution in [1.29, 1.82) is 0 Å². The molecule has 2 rings (SSSR count). The van der Waals surface area contributed by atoms with E-state index in [4.69, 9.17) is 9.15 Å². The molecule has 19 heavy (non-hydrogen) atoms. The van der Waals surface area contributed by atoms with E-state index in [1.807, 2.05) is 27.8 Å². The molecular weight excluding hydrogens is 246 g/mol. The number of ether oxygens (including phenoxy) is 1. The molecule has 0 aliphatic carbocycles. The number of likely N-dealkylation sites (N-methyl/N-ethyl adjacent to an activating group) is 1. The van der Waals surface area contributed by atoms with Crippen molar-refractivity contribution < 1.29 is 9.15 Å². The van der Waals surface area contributed by atoms with Crippen LogP contribution in [0.25, 0.3) is 0 Å². The van der Waals surface area contributed by atoms with E-state index in [0.717, 1.165) is 0 Å². The summed E-state index contributed by atoms with van der Waals surface area (Å²) in [6.07, 6.45) is -0.305. The number of rotatable bonds is 3. The van der Waals surface area contributed by atoms with Crippen LogP contribution in [-0.4, -0.2) is 33.5 Å². The fourth-order valence-corrected chi connectivity index (χ4v) is 2.66. The van der Waals surface area contributed by atoms with Crippen LogP contribution >= 0.6 is 0 Å². The number of nitrogens with zero attached hydrogens (tertiary/aromatic N) is 3. The lowest BCUT2D eigenvalue weighted by atomic mass is 9.97. The molecule has 1 aromatic rings. The van der Waals surface area contributed by atoms with Gasteiger partial charge in [0.05, 0.1) is 0 Å². The average Bonchev–Trinajstić information content (AvgIpc) is 2.78. The van der Waals surface area contributed by atoms with Gasteiger partial charge in [0.2, 0.25) is 5.89 Å². The normalized spacial score (nSPS) is 27.3. The van der Waals surface area contributed by atoms with Gasteiger partial charge in [-0.15, -0.1) is 5.10 Å². The van der Waals surface area contributed by atoms with Gasteiger partial charge in [-0.1, -0.05) is 13.8 Å². The molecule has 1 aliphatic heterocycles. The molecule has 0 saturated carbocycles. The molecule has 2 heterocycles.